The molecule has 0 bridgehead atoms. The van der Waals surface area contributed by atoms with Gasteiger partial charge >= 0.3 is 0 Å². The van der Waals surface area contributed by atoms with Crippen LogP contribution in [0.1, 0.15) is 23.6 Å². The van der Waals surface area contributed by atoms with Crippen LogP contribution >= 0.6 is 15.9 Å². The summed E-state index contributed by atoms with van der Waals surface area (Å²) in [5.74, 6) is 0. The van der Waals surface area contributed by atoms with E-state index in [0.717, 1.165) is 22.0 Å². The molecule has 1 heterocycles. The normalized spacial score (nSPS) is 14.2. The molecule has 0 aliphatic heterocycles. The minimum Gasteiger partial charge on any atom is -0.321 e. The summed E-state index contributed by atoms with van der Waals surface area (Å²) in [5.41, 5.74) is 9.58. The van der Waals surface area contributed by atoms with Crippen molar-refractivity contribution in [3.8, 4) is 0 Å². The van der Waals surface area contributed by atoms with Crippen LogP contribution < -0.4 is 5.73 Å². The van der Waals surface area contributed by atoms with E-state index >= 15 is 0 Å². The molecule has 1 aromatic heterocycles. The van der Waals surface area contributed by atoms with Gasteiger partial charge in [0.1, 0.15) is 0 Å². The second-order valence-electron chi connectivity index (χ2n) is 4.97. The van der Waals surface area contributed by atoms with E-state index in [9.17, 15) is 0 Å². The molecular formula is C15H17BrN2. The third kappa shape index (κ3) is 3.18. The number of pyridine rings is 1. The highest BCUT2D eigenvalue weighted by atomic mass is 79.9. The molecule has 1 aromatic carbocycles. The SMILES string of the molecule is Cc1ccc(C(C)(N)Cc2cncc(Br)c2)cc1. The van der Waals surface area contributed by atoms with Crippen LogP contribution in [-0.2, 0) is 12.0 Å². The number of hydrogen-bond donors (Lipinski definition) is 1. The zero-order chi connectivity index (χ0) is 13.2. The van der Waals surface area contributed by atoms with Crippen molar-refractivity contribution in [3.05, 3.63) is 63.9 Å². The Morgan fingerprint density at radius 2 is 1.89 bits per heavy atom. The van der Waals surface area contributed by atoms with Crippen molar-refractivity contribution >= 4 is 15.9 Å². The molecule has 0 saturated heterocycles. The predicted molar refractivity (Wildman–Crippen MR) is 78.4 cm³/mol. The largest absolute Gasteiger partial charge is 0.321 e. The lowest BCUT2D eigenvalue weighted by Gasteiger charge is -2.25. The van der Waals surface area contributed by atoms with Gasteiger partial charge in [0.25, 0.3) is 0 Å². The lowest BCUT2D eigenvalue weighted by atomic mass is 9.87. The predicted octanol–water partition coefficient (Wildman–Crippen LogP) is 3.57. The maximum atomic E-state index is 6.43. The van der Waals surface area contributed by atoms with E-state index in [1.165, 1.54) is 5.56 Å². The fourth-order valence-corrected chi connectivity index (χ4v) is 2.43. The molecule has 0 radical (unpaired) electrons. The van der Waals surface area contributed by atoms with Crippen molar-refractivity contribution in [1.29, 1.82) is 0 Å². The van der Waals surface area contributed by atoms with Crippen LogP contribution in [-0.4, -0.2) is 4.98 Å². The number of aromatic nitrogens is 1. The first kappa shape index (κ1) is 13.2. The fraction of sp³-hybridized carbons (Fsp3) is 0.267. The van der Waals surface area contributed by atoms with Gasteiger partial charge in [0, 0.05) is 22.4 Å². The molecule has 2 N–H and O–H groups in total. The Kier molecular flexibility index (Phi) is 3.83. The molecule has 0 amide bonds. The second-order valence-corrected chi connectivity index (χ2v) is 5.89. The van der Waals surface area contributed by atoms with E-state index in [-0.39, 0.29) is 5.54 Å². The summed E-state index contributed by atoms with van der Waals surface area (Å²) in [6.45, 7) is 4.13. The number of nitrogens with two attached hydrogens (primary N) is 1. The zero-order valence-corrected chi connectivity index (χ0v) is 12.2. The van der Waals surface area contributed by atoms with E-state index in [1.54, 1.807) is 6.20 Å². The van der Waals surface area contributed by atoms with Crippen LogP contribution in [0.3, 0.4) is 0 Å². The molecule has 0 fully saturated rings. The van der Waals surface area contributed by atoms with Crippen LogP contribution in [0.4, 0.5) is 0 Å². The zero-order valence-electron chi connectivity index (χ0n) is 10.7. The molecule has 2 rings (SSSR count). The van der Waals surface area contributed by atoms with Gasteiger partial charge in [0.2, 0.25) is 0 Å². The quantitative estimate of drug-likeness (QED) is 0.941. The van der Waals surface area contributed by atoms with Crippen LogP contribution in [0.25, 0.3) is 0 Å². The molecule has 3 heteroatoms. The minimum atomic E-state index is -0.379. The first-order valence-corrected chi connectivity index (χ1v) is 6.72. The van der Waals surface area contributed by atoms with Gasteiger partial charge in [-0.15, -0.1) is 0 Å². The van der Waals surface area contributed by atoms with Gasteiger partial charge in [-0.1, -0.05) is 29.8 Å². The monoisotopic (exact) mass is 304 g/mol. The molecule has 94 valence electrons. The molecule has 18 heavy (non-hydrogen) atoms. The van der Waals surface area contributed by atoms with Crippen LogP contribution in [0, 0.1) is 6.92 Å². The average molecular weight is 305 g/mol. The topological polar surface area (TPSA) is 38.9 Å². The van der Waals surface area contributed by atoms with Gasteiger partial charge in [-0.25, -0.2) is 0 Å². The molecule has 0 aliphatic carbocycles. The van der Waals surface area contributed by atoms with Gasteiger partial charge in [-0.05, 0) is 53.4 Å². The summed E-state index contributed by atoms with van der Waals surface area (Å²) in [4.78, 5) is 4.17. The highest BCUT2D eigenvalue weighted by Crippen LogP contribution is 2.24. The number of aryl methyl sites for hydroxylation is 1. The van der Waals surface area contributed by atoms with Crippen molar-refractivity contribution in [2.45, 2.75) is 25.8 Å². The Morgan fingerprint density at radius 3 is 2.50 bits per heavy atom. The van der Waals surface area contributed by atoms with Gasteiger partial charge in [0.15, 0.2) is 0 Å². The molecule has 0 aliphatic rings. The minimum absolute atomic E-state index is 0.379. The molecule has 2 aromatic rings. The average Bonchev–Trinajstić information content (AvgIpc) is 2.29. The van der Waals surface area contributed by atoms with Gasteiger partial charge in [0.05, 0.1) is 0 Å². The fourth-order valence-electron chi connectivity index (χ4n) is 2.01. The summed E-state index contributed by atoms with van der Waals surface area (Å²) in [6.07, 6.45) is 4.41. The summed E-state index contributed by atoms with van der Waals surface area (Å²) < 4.78 is 0.986. The van der Waals surface area contributed by atoms with Crippen LogP contribution in [0.2, 0.25) is 0 Å². The number of rotatable bonds is 3. The summed E-state index contributed by atoms with van der Waals surface area (Å²) in [7, 11) is 0. The highest BCUT2D eigenvalue weighted by molar-refractivity contribution is 9.10. The molecular weight excluding hydrogens is 288 g/mol. The lowest BCUT2D eigenvalue weighted by Crippen LogP contribution is -2.35. The van der Waals surface area contributed by atoms with Crippen molar-refractivity contribution in [1.82, 2.24) is 4.98 Å². The third-order valence-corrected chi connectivity index (χ3v) is 3.48. The summed E-state index contributed by atoms with van der Waals surface area (Å²) in [6, 6.07) is 10.5. The van der Waals surface area contributed by atoms with E-state index in [1.807, 2.05) is 6.20 Å². The molecule has 0 spiro atoms. The number of benzene rings is 1. The Balaban J connectivity index is 2.23. The second kappa shape index (κ2) is 5.21. The van der Waals surface area contributed by atoms with Crippen molar-refractivity contribution < 1.29 is 0 Å². The Morgan fingerprint density at radius 1 is 1.22 bits per heavy atom. The molecule has 2 nitrogen and oxygen atoms in total. The first-order chi connectivity index (χ1) is 8.47. The van der Waals surface area contributed by atoms with Gasteiger partial charge < -0.3 is 5.73 Å². The standard InChI is InChI=1S/C15H17BrN2/c1-11-3-5-13(6-4-11)15(2,17)8-12-7-14(16)10-18-9-12/h3-7,9-10H,8,17H2,1-2H3. The van der Waals surface area contributed by atoms with Crippen molar-refractivity contribution in [3.63, 3.8) is 0 Å². The lowest BCUT2D eigenvalue weighted by molar-refractivity contribution is 0.490. The Hall–Kier alpha value is -1.19. The van der Waals surface area contributed by atoms with E-state index < -0.39 is 0 Å². The number of nitrogens with zero attached hydrogens (tertiary/aromatic N) is 1. The van der Waals surface area contributed by atoms with Gasteiger partial charge in [-0.3, -0.25) is 4.98 Å². The molecule has 1 atom stereocenters. The Labute approximate surface area is 116 Å². The van der Waals surface area contributed by atoms with E-state index in [2.05, 4.69) is 65.1 Å². The molecule has 1 unspecified atom stereocenters. The summed E-state index contributed by atoms with van der Waals surface area (Å²) in [5, 5.41) is 0. The van der Waals surface area contributed by atoms with E-state index in [4.69, 9.17) is 5.73 Å². The smallest absolute Gasteiger partial charge is 0.0422 e. The van der Waals surface area contributed by atoms with E-state index in [0.29, 0.717) is 0 Å². The highest BCUT2D eigenvalue weighted by Gasteiger charge is 2.21. The third-order valence-electron chi connectivity index (χ3n) is 3.04. The maximum Gasteiger partial charge on any atom is 0.0422 e. The maximum absolute atomic E-state index is 6.43. The number of hydrogen-bond acceptors (Lipinski definition) is 2. The van der Waals surface area contributed by atoms with Crippen molar-refractivity contribution in [2.24, 2.45) is 5.73 Å². The molecule has 0 saturated carbocycles. The first-order valence-electron chi connectivity index (χ1n) is 5.93. The van der Waals surface area contributed by atoms with Crippen LogP contribution in [0.15, 0.2) is 47.2 Å². The Bertz CT molecular complexity index is 532. The van der Waals surface area contributed by atoms with Crippen LogP contribution in [0.5, 0.6) is 0 Å². The van der Waals surface area contributed by atoms with Gasteiger partial charge in [-0.2, -0.15) is 0 Å². The number of halogens is 1. The van der Waals surface area contributed by atoms with Crippen molar-refractivity contribution in [2.75, 3.05) is 0 Å². The summed E-state index contributed by atoms with van der Waals surface area (Å²) >= 11 is 3.43.